The number of anilines is 1. The van der Waals surface area contributed by atoms with E-state index in [4.69, 9.17) is 4.98 Å². The lowest BCUT2D eigenvalue weighted by Gasteiger charge is -2.41. The molecule has 3 fully saturated rings. The molecular weight excluding hydrogens is 374 g/mol. The first kappa shape index (κ1) is 21.6. The minimum Gasteiger partial charge on any atom is -0.355 e. The number of nitrogens with zero attached hydrogens (tertiary/aromatic N) is 4. The number of rotatable bonds is 6. The molecule has 0 spiro atoms. The average Bonchev–Trinajstić information content (AvgIpc) is 3.60. The van der Waals surface area contributed by atoms with E-state index >= 15 is 0 Å². The first-order valence-electron chi connectivity index (χ1n) is 12.0. The summed E-state index contributed by atoms with van der Waals surface area (Å²) in [5.41, 5.74) is 0.545. The number of likely N-dealkylation sites (tertiary alicyclic amines) is 1. The van der Waals surface area contributed by atoms with Crippen molar-refractivity contribution in [2.24, 2.45) is 5.92 Å². The van der Waals surface area contributed by atoms with E-state index in [9.17, 15) is 4.79 Å². The minimum absolute atomic E-state index is 0.0366. The van der Waals surface area contributed by atoms with Crippen LogP contribution >= 0.6 is 0 Å². The van der Waals surface area contributed by atoms with E-state index in [0.29, 0.717) is 29.7 Å². The van der Waals surface area contributed by atoms with Crippen molar-refractivity contribution in [2.45, 2.75) is 71.0 Å². The van der Waals surface area contributed by atoms with Crippen LogP contribution in [0.5, 0.6) is 0 Å². The Morgan fingerprint density at radius 2 is 1.83 bits per heavy atom. The molecule has 6 nitrogen and oxygen atoms in total. The molecule has 2 aliphatic heterocycles. The van der Waals surface area contributed by atoms with Crippen molar-refractivity contribution in [3.63, 3.8) is 0 Å². The molecule has 0 bridgehead atoms. The Hall–Kier alpha value is -1.66. The molecule has 30 heavy (non-hydrogen) atoms. The highest BCUT2D eigenvalue weighted by molar-refractivity contribution is 5.92. The zero-order chi connectivity index (χ0) is 21.1. The molecule has 1 aromatic heterocycles. The number of nitrogens with one attached hydrogen (secondary N) is 1. The van der Waals surface area contributed by atoms with Gasteiger partial charge in [0.2, 0.25) is 0 Å². The number of carbonyl (C=O) groups excluding carboxylic acids is 1. The van der Waals surface area contributed by atoms with Gasteiger partial charge >= 0.3 is 0 Å². The Bertz CT molecular complexity index is 711. The van der Waals surface area contributed by atoms with Crippen LogP contribution in [0.3, 0.4) is 0 Å². The van der Waals surface area contributed by atoms with Crippen molar-refractivity contribution < 1.29 is 4.79 Å². The summed E-state index contributed by atoms with van der Waals surface area (Å²) in [5, 5.41) is 3.04. The van der Waals surface area contributed by atoms with Crippen molar-refractivity contribution in [1.82, 2.24) is 20.1 Å². The van der Waals surface area contributed by atoms with Gasteiger partial charge in [0, 0.05) is 44.3 Å². The molecule has 166 valence electrons. The maximum atomic E-state index is 12.5. The fourth-order valence-corrected chi connectivity index (χ4v) is 4.96. The molecule has 3 aliphatic rings. The van der Waals surface area contributed by atoms with Crippen LogP contribution in [0.1, 0.15) is 63.4 Å². The van der Waals surface area contributed by atoms with E-state index < -0.39 is 0 Å². The van der Waals surface area contributed by atoms with Gasteiger partial charge in [0.15, 0.2) is 0 Å². The molecule has 2 saturated heterocycles. The lowest BCUT2D eigenvalue weighted by atomic mass is 10.00. The maximum Gasteiger partial charge on any atom is 0.269 e. The second kappa shape index (κ2) is 9.65. The van der Waals surface area contributed by atoms with Gasteiger partial charge in [0.25, 0.3) is 5.91 Å². The quantitative estimate of drug-likeness (QED) is 0.777. The topological polar surface area (TPSA) is 51.7 Å². The smallest absolute Gasteiger partial charge is 0.269 e. The predicted molar refractivity (Wildman–Crippen MR) is 122 cm³/mol. The number of pyridine rings is 1. The summed E-state index contributed by atoms with van der Waals surface area (Å²) in [5.74, 6) is 1.59. The highest BCUT2D eigenvalue weighted by atomic mass is 16.1. The zero-order valence-corrected chi connectivity index (χ0v) is 19.0. The van der Waals surface area contributed by atoms with E-state index in [1.807, 2.05) is 12.1 Å². The largest absolute Gasteiger partial charge is 0.355 e. The third kappa shape index (κ3) is 5.33. The van der Waals surface area contributed by atoms with Gasteiger partial charge in [-0.2, -0.15) is 0 Å². The van der Waals surface area contributed by atoms with Crippen molar-refractivity contribution >= 4 is 11.7 Å². The summed E-state index contributed by atoms with van der Waals surface area (Å²) in [6.07, 6.45) is 6.18. The van der Waals surface area contributed by atoms with Crippen LogP contribution in [0, 0.1) is 5.92 Å². The summed E-state index contributed by atoms with van der Waals surface area (Å²) < 4.78 is 0. The Morgan fingerprint density at radius 1 is 1.07 bits per heavy atom. The Labute approximate surface area is 182 Å². The van der Waals surface area contributed by atoms with Gasteiger partial charge in [0.05, 0.1) is 0 Å². The maximum absolute atomic E-state index is 12.5. The van der Waals surface area contributed by atoms with Crippen LogP contribution in [0.25, 0.3) is 0 Å². The molecule has 1 amide bonds. The standard InChI is InChI=1S/C24H39N5O/c1-18(2)27-13-10-21(11-14-27)29-16-15-28(12-9-19(29)3)23-6-4-5-22(26-23)24(30)25-17-20-7-8-20/h4-6,18-21H,7-17H2,1-3H3,(H,25,30). The molecule has 1 saturated carbocycles. The highest BCUT2D eigenvalue weighted by Gasteiger charge is 2.31. The molecule has 0 radical (unpaired) electrons. The van der Waals surface area contributed by atoms with Crippen molar-refractivity contribution in [3.05, 3.63) is 23.9 Å². The van der Waals surface area contributed by atoms with Gasteiger partial charge in [-0.15, -0.1) is 0 Å². The van der Waals surface area contributed by atoms with Crippen LogP contribution in [0.15, 0.2) is 18.2 Å². The van der Waals surface area contributed by atoms with Crippen molar-refractivity contribution in [1.29, 1.82) is 0 Å². The molecule has 6 heteroatoms. The normalized spacial score (nSPS) is 24.8. The number of carbonyl (C=O) groups is 1. The van der Waals surface area contributed by atoms with Crippen LogP contribution in [0.4, 0.5) is 5.82 Å². The van der Waals surface area contributed by atoms with Crippen molar-refractivity contribution in [3.8, 4) is 0 Å². The SMILES string of the molecule is CC(C)N1CCC(N2CCN(c3cccc(C(=O)NCC4CC4)n3)CCC2C)CC1. The molecule has 3 heterocycles. The Morgan fingerprint density at radius 3 is 2.53 bits per heavy atom. The van der Waals surface area contributed by atoms with Crippen LogP contribution < -0.4 is 10.2 Å². The average molecular weight is 414 g/mol. The van der Waals surface area contributed by atoms with Gasteiger partial charge in [-0.05, 0) is 84.0 Å². The molecular formula is C24H39N5O. The lowest BCUT2D eigenvalue weighted by molar-refractivity contribution is 0.0724. The van der Waals surface area contributed by atoms with Gasteiger partial charge in [-0.1, -0.05) is 6.07 Å². The first-order valence-corrected chi connectivity index (χ1v) is 12.0. The molecule has 1 aromatic rings. The number of amides is 1. The van der Waals surface area contributed by atoms with Crippen LogP contribution in [-0.4, -0.2) is 78.1 Å². The monoisotopic (exact) mass is 413 g/mol. The summed E-state index contributed by atoms with van der Waals surface area (Å²) in [6, 6.07) is 7.81. The fourth-order valence-electron chi connectivity index (χ4n) is 4.96. The van der Waals surface area contributed by atoms with E-state index in [1.165, 1.54) is 38.8 Å². The summed E-state index contributed by atoms with van der Waals surface area (Å²) in [4.78, 5) is 24.9. The highest BCUT2D eigenvalue weighted by Crippen LogP contribution is 2.28. The molecule has 1 aliphatic carbocycles. The van der Waals surface area contributed by atoms with Gasteiger partial charge in [-0.25, -0.2) is 4.98 Å². The second-order valence-corrected chi connectivity index (χ2v) is 9.76. The lowest BCUT2D eigenvalue weighted by Crippen LogP contribution is -2.50. The van der Waals surface area contributed by atoms with E-state index in [0.717, 1.165) is 38.4 Å². The Kier molecular flexibility index (Phi) is 6.94. The molecule has 1 atom stereocenters. The number of aromatic nitrogens is 1. The second-order valence-electron chi connectivity index (χ2n) is 9.76. The molecule has 4 rings (SSSR count). The minimum atomic E-state index is -0.0366. The van der Waals surface area contributed by atoms with E-state index in [1.54, 1.807) is 0 Å². The number of piperidine rings is 1. The molecule has 1 unspecified atom stereocenters. The van der Waals surface area contributed by atoms with Gasteiger partial charge in [0.1, 0.15) is 11.5 Å². The Balaban J connectivity index is 1.35. The molecule has 0 aromatic carbocycles. The van der Waals surface area contributed by atoms with E-state index in [2.05, 4.69) is 46.9 Å². The fraction of sp³-hybridized carbons (Fsp3) is 0.750. The first-order chi connectivity index (χ1) is 14.5. The molecule has 1 N–H and O–H groups in total. The summed E-state index contributed by atoms with van der Waals surface area (Å²) in [6.45, 7) is 13.3. The summed E-state index contributed by atoms with van der Waals surface area (Å²) >= 11 is 0. The van der Waals surface area contributed by atoms with Gasteiger partial charge in [-0.3, -0.25) is 9.69 Å². The van der Waals surface area contributed by atoms with Crippen LogP contribution in [0.2, 0.25) is 0 Å². The van der Waals surface area contributed by atoms with Crippen molar-refractivity contribution in [2.75, 3.05) is 44.2 Å². The summed E-state index contributed by atoms with van der Waals surface area (Å²) in [7, 11) is 0. The number of hydrogen-bond donors (Lipinski definition) is 1. The number of hydrogen-bond acceptors (Lipinski definition) is 5. The van der Waals surface area contributed by atoms with Crippen LogP contribution in [-0.2, 0) is 0 Å². The third-order valence-electron chi connectivity index (χ3n) is 7.25. The van der Waals surface area contributed by atoms with Gasteiger partial charge < -0.3 is 15.1 Å². The zero-order valence-electron chi connectivity index (χ0n) is 19.0. The predicted octanol–water partition coefficient (Wildman–Crippen LogP) is 2.99. The third-order valence-corrected chi connectivity index (χ3v) is 7.25. The van der Waals surface area contributed by atoms with E-state index in [-0.39, 0.29) is 5.91 Å².